The van der Waals surface area contributed by atoms with Crippen LogP contribution in [-0.4, -0.2) is 30.4 Å². The molecule has 180 valence electrons. The van der Waals surface area contributed by atoms with Crippen LogP contribution in [0.2, 0.25) is 0 Å². The summed E-state index contributed by atoms with van der Waals surface area (Å²) in [6.45, 7) is 3.66. The summed E-state index contributed by atoms with van der Waals surface area (Å²) in [6.07, 6.45) is 5.02. The van der Waals surface area contributed by atoms with Crippen molar-refractivity contribution in [1.82, 2.24) is 9.55 Å². The van der Waals surface area contributed by atoms with Gasteiger partial charge in [-0.05, 0) is 62.6 Å². The summed E-state index contributed by atoms with van der Waals surface area (Å²) >= 11 is 6.45. The maximum absolute atomic E-state index is 13.0. The summed E-state index contributed by atoms with van der Waals surface area (Å²) < 4.78 is 44.0. The Labute approximate surface area is 210 Å². The van der Waals surface area contributed by atoms with Crippen molar-refractivity contribution in [2.45, 2.75) is 61.5 Å². The molecular weight excluding hydrogens is 549 g/mol. The Kier molecular flexibility index (Phi) is 9.37. The molecular formula is C22H27BrFN3O3S3. The Hall–Kier alpha value is -1.43. The van der Waals surface area contributed by atoms with Crippen LogP contribution < -0.4 is 10.4 Å². The van der Waals surface area contributed by atoms with Gasteiger partial charge in [0.2, 0.25) is 0 Å². The second kappa shape index (κ2) is 11.8. The molecule has 0 unspecified atom stereocenters. The molecule has 0 saturated carbocycles. The van der Waals surface area contributed by atoms with Gasteiger partial charge < -0.3 is 0 Å². The monoisotopic (exact) mass is 575 g/mol. The summed E-state index contributed by atoms with van der Waals surface area (Å²) in [6, 6.07) is 6.26. The van der Waals surface area contributed by atoms with E-state index >= 15 is 0 Å². The molecule has 0 saturated heterocycles. The summed E-state index contributed by atoms with van der Waals surface area (Å²) in [7, 11) is -3.93. The fourth-order valence-electron chi connectivity index (χ4n) is 3.33. The molecule has 0 atom stereocenters. The zero-order valence-electron chi connectivity index (χ0n) is 18.6. The molecule has 0 radical (unpaired) electrons. The van der Waals surface area contributed by atoms with Crippen molar-refractivity contribution in [2.75, 3.05) is 17.1 Å². The number of rotatable bonds is 12. The van der Waals surface area contributed by atoms with Crippen molar-refractivity contribution in [3.63, 3.8) is 0 Å². The highest BCUT2D eigenvalue weighted by atomic mass is 79.9. The first-order valence-corrected chi connectivity index (χ1v) is 14.9. The smallest absolute Gasteiger partial charge is 0.261 e. The zero-order valence-corrected chi connectivity index (χ0v) is 22.6. The number of thioether (sulfide) groups is 1. The average Bonchev–Trinajstić information content (AvgIpc) is 3.10. The Bertz CT molecular complexity index is 1210. The summed E-state index contributed by atoms with van der Waals surface area (Å²) in [5, 5.41) is 0. The summed E-state index contributed by atoms with van der Waals surface area (Å²) in [5.41, 5.74) is 0.775. The Morgan fingerprint density at radius 1 is 1.18 bits per heavy atom. The van der Waals surface area contributed by atoms with Gasteiger partial charge in [0.05, 0.1) is 15.8 Å². The van der Waals surface area contributed by atoms with Gasteiger partial charge >= 0.3 is 5.69 Å². The summed E-state index contributed by atoms with van der Waals surface area (Å²) in [5.74, 6) is 0.788. The van der Waals surface area contributed by atoms with Crippen LogP contribution in [0.25, 0.3) is 5.69 Å². The molecule has 2 aliphatic heterocycles. The van der Waals surface area contributed by atoms with Gasteiger partial charge in [0.25, 0.3) is 10.0 Å². The third-order valence-electron chi connectivity index (χ3n) is 5.12. The number of sulfonamides is 1. The lowest BCUT2D eigenvalue weighted by atomic mass is 10.2. The van der Waals surface area contributed by atoms with E-state index in [0.717, 1.165) is 57.1 Å². The van der Waals surface area contributed by atoms with Crippen LogP contribution in [0.5, 0.6) is 0 Å². The van der Waals surface area contributed by atoms with Gasteiger partial charge in [0.15, 0.2) is 5.82 Å². The van der Waals surface area contributed by atoms with Crippen LogP contribution in [0.15, 0.2) is 42.6 Å². The molecule has 33 heavy (non-hydrogen) atoms. The van der Waals surface area contributed by atoms with Crippen LogP contribution in [-0.2, 0) is 16.4 Å². The minimum atomic E-state index is -3.93. The highest BCUT2D eigenvalue weighted by Gasteiger charge is 2.27. The number of nitrogens with zero attached hydrogens (tertiary/aromatic N) is 2. The fraction of sp³-hybridized carbons (Fsp3) is 0.455. The van der Waals surface area contributed by atoms with E-state index in [2.05, 4.69) is 32.6 Å². The highest BCUT2D eigenvalue weighted by molar-refractivity contribution is 9.10. The van der Waals surface area contributed by atoms with E-state index in [4.69, 9.17) is 0 Å². The van der Waals surface area contributed by atoms with E-state index in [9.17, 15) is 17.6 Å². The van der Waals surface area contributed by atoms with Crippen molar-refractivity contribution in [1.29, 1.82) is 0 Å². The van der Waals surface area contributed by atoms with Gasteiger partial charge in [0.1, 0.15) is 5.69 Å². The highest BCUT2D eigenvalue weighted by Crippen LogP contribution is 2.39. The van der Waals surface area contributed by atoms with Gasteiger partial charge in [-0.25, -0.2) is 13.2 Å². The van der Waals surface area contributed by atoms with Crippen LogP contribution in [0.4, 0.5) is 10.2 Å². The number of unbranched alkanes of at least 4 members (excludes halogenated alkanes) is 3. The zero-order chi connectivity index (χ0) is 24.0. The number of halogens is 2. The first-order chi connectivity index (χ1) is 15.8. The molecule has 3 rings (SSSR count). The molecule has 1 aromatic rings. The van der Waals surface area contributed by atoms with Crippen LogP contribution in [0, 0.1) is 6.92 Å². The normalized spacial score (nSPS) is 11.9. The van der Waals surface area contributed by atoms with E-state index in [0.29, 0.717) is 12.1 Å². The second-order valence-corrected chi connectivity index (χ2v) is 12.7. The number of imidazole rings is 1. The topological polar surface area (TPSA) is 81.1 Å². The third-order valence-corrected chi connectivity index (χ3v) is 9.68. The lowest BCUT2D eigenvalue weighted by Gasteiger charge is -2.17. The van der Waals surface area contributed by atoms with E-state index in [1.54, 1.807) is 35.2 Å². The number of fused-ring (bicyclic) bond motifs is 1. The molecule has 0 aliphatic carbocycles. The lowest BCUT2D eigenvalue weighted by molar-refractivity contribution is 0.460. The number of hydrogen-bond donors (Lipinski definition) is 1. The van der Waals surface area contributed by atoms with Crippen LogP contribution in [0.3, 0.4) is 0 Å². The number of aromatic nitrogens is 2. The largest absolute Gasteiger partial charge is 0.354 e. The molecule has 0 spiro atoms. The minimum Gasteiger partial charge on any atom is -0.261 e. The average molecular weight is 577 g/mol. The number of anilines is 1. The molecule has 11 heteroatoms. The van der Waals surface area contributed by atoms with E-state index in [1.807, 2.05) is 6.92 Å². The maximum atomic E-state index is 13.0. The summed E-state index contributed by atoms with van der Waals surface area (Å²) in [4.78, 5) is 18.1. The lowest BCUT2D eigenvalue weighted by Crippen LogP contribution is -2.18. The van der Waals surface area contributed by atoms with Crippen molar-refractivity contribution in [2.24, 2.45) is 0 Å². The van der Waals surface area contributed by atoms with E-state index in [1.165, 1.54) is 16.7 Å². The second-order valence-electron chi connectivity index (χ2n) is 7.59. The molecule has 1 aromatic carbocycles. The van der Waals surface area contributed by atoms with Crippen LogP contribution >= 0.6 is 39.0 Å². The molecule has 2 aliphatic rings. The van der Waals surface area contributed by atoms with Crippen LogP contribution in [0.1, 0.15) is 49.6 Å². The van der Waals surface area contributed by atoms with Crippen molar-refractivity contribution in [3.05, 3.63) is 49.8 Å². The predicted molar refractivity (Wildman–Crippen MR) is 138 cm³/mol. The quantitative estimate of drug-likeness (QED) is 0.206. The van der Waals surface area contributed by atoms with Crippen molar-refractivity contribution in [3.8, 4) is 5.69 Å². The van der Waals surface area contributed by atoms with E-state index < -0.39 is 15.7 Å². The molecule has 1 N–H and O–H groups in total. The Balaban J connectivity index is 2.02. The number of benzene rings is 1. The van der Waals surface area contributed by atoms with Gasteiger partial charge in [0, 0.05) is 15.0 Å². The van der Waals surface area contributed by atoms with Gasteiger partial charge in [-0.15, -0.1) is 23.1 Å². The maximum Gasteiger partial charge on any atom is 0.354 e. The Morgan fingerprint density at radius 2 is 1.91 bits per heavy atom. The van der Waals surface area contributed by atoms with Gasteiger partial charge in [-0.1, -0.05) is 35.7 Å². The molecule has 2 heterocycles. The number of nitrogens with one attached hydrogen (secondary N) is 1. The minimum absolute atomic E-state index is 0.0376. The first kappa shape index (κ1) is 26.2. The first-order valence-electron chi connectivity index (χ1n) is 10.8. The molecule has 0 amide bonds. The number of alkyl halides is 1. The van der Waals surface area contributed by atoms with Gasteiger partial charge in [-0.2, -0.15) is 4.98 Å². The molecule has 0 bridgehead atoms. The fourth-order valence-corrected chi connectivity index (χ4v) is 7.25. The molecule has 6 nitrogen and oxygen atoms in total. The SMILES string of the molecule is CCCCc1sc(SCCCCCF)c2c(NS(=O)(=O)c3ccc(Br)cc3)nc(=O)n-2c1C. The predicted octanol–water partition coefficient (Wildman–Crippen LogP) is 6.18. The van der Waals surface area contributed by atoms with Gasteiger partial charge in [-0.3, -0.25) is 13.7 Å². The van der Waals surface area contributed by atoms with Crippen molar-refractivity contribution < 1.29 is 12.8 Å². The van der Waals surface area contributed by atoms with Crippen molar-refractivity contribution >= 4 is 54.9 Å². The standard InChI is InChI=1S/C22H27BrFN3O3S3/c1-3-4-8-18-15(2)27-19(21(32-18)31-14-7-5-6-13-24)20(25-22(27)28)26-33(29,30)17-11-9-16(23)10-12-17/h9-12H,3-8,13-14H2,1-2H3,(H,25,26,28). The Morgan fingerprint density at radius 3 is 2.58 bits per heavy atom. The number of aryl methyl sites for hydroxylation is 1. The molecule has 0 aromatic heterocycles. The third kappa shape index (κ3) is 6.37. The number of hydrogen-bond acceptors (Lipinski definition) is 6. The molecule has 0 fully saturated rings. The van der Waals surface area contributed by atoms with E-state index in [-0.39, 0.29) is 17.4 Å².